The predicted molar refractivity (Wildman–Crippen MR) is 111 cm³/mol. The number of carbonyl (C=O) groups is 1. The molecule has 28 heavy (non-hydrogen) atoms. The SMILES string of the molecule is CCc1ccc(C(CNC(=O)CCCc2cccnc2)N2CCOCC2)cc1. The van der Waals surface area contributed by atoms with Crippen LogP contribution in [0.2, 0.25) is 0 Å². The van der Waals surface area contributed by atoms with E-state index in [-0.39, 0.29) is 11.9 Å². The Hall–Kier alpha value is -2.24. The smallest absolute Gasteiger partial charge is 0.220 e. The van der Waals surface area contributed by atoms with Gasteiger partial charge < -0.3 is 10.1 Å². The summed E-state index contributed by atoms with van der Waals surface area (Å²) in [6.07, 6.45) is 6.94. The lowest BCUT2D eigenvalue weighted by atomic mass is 10.0. The minimum atomic E-state index is 0.118. The molecule has 0 radical (unpaired) electrons. The zero-order valence-corrected chi connectivity index (χ0v) is 16.8. The summed E-state index contributed by atoms with van der Waals surface area (Å²) in [6.45, 7) is 6.11. The Morgan fingerprint density at radius 1 is 1.18 bits per heavy atom. The molecule has 5 nitrogen and oxygen atoms in total. The molecule has 0 aliphatic carbocycles. The van der Waals surface area contributed by atoms with Crippen LogP contribution < -0.4 is 5.32 Å². The van der Waals surface area contributed by atoms with Crippen molar-refractivity contribution in [3.05, 3.63) is 65.5 Å². The van der Waals surface area contributed by atoms with E-state index >= 15 is 0 Å². The number of morpholine rings is 1. The van der Waals surface area contributed by atoms with Crippen LogP contribution in [0.3, 0.4) is 0 Å². The summed E-state index contributed by atoms with van der Waals surface area (Å²) in [7, 11) is 0. The van der Waals surface area contributed by atoms with E-state index in [1.165, 1.54) is 16.7 Å². The molecule has 2 aromatic rings. The van der Waals surface area contributed by atoms with Gasteiger partial charge >= 0.3 is 0 Å². The predicted octanol–water partition coefficient (Wildman–Crippen LogP) is 3.16. The van der Waals surface area contributed by atoms with Crippen molar-refractivity contribution in [2.45, 2.75) is 38.6 Å². The third-order valence-corrected chi connectivity index (χ3v) is 5.34. The number of rotatable bonds is 9. The Kier molecular flexibility index (Phi) is 8.00. The number of aryl methyl sites for hydroxylation is 2. The quantitative estimate of drug-likeness (QED) is 0.725. The summed E-state index contributed by atoms with van der Waals surface area (Å²) in [5.74, 6) is 0.118. The van der Waals surface area contributed by atoms with Crippen molar-refractivity contribution in [3.8, 4) is 0 Å². The van der Waals surface area contributed by atoms with Crippen LogP contribution in [0.1, 0.15) is 42.5 Å². The van der Waals surface area contributed by atoms with Gasteiger partial charge in [-0.3, -0.25) is 14.7 Å². The topological polar surface area (TPSA) is 54.5 Å². The lowest BCUT2D eigenvalue weighted by Crippen LogP contribution is -2.43. The van der Waals surface area contributed by atoms with Gasteiger partial charge in [-0.05, 0) is 42.0 Å². The molecule has 1 atom stereocenters. The maximum absolute atomic E-state index is 12.4. The Balaban J connectivity index is 1.53. The minimum absolute atomic E-state index is 0.118. The van der Waals surface area contributed by atoms with Crippen molar-refractivity contribution in [2.24, 2.45) is 0 Å². The second kappa shape index (κ2) is 10.9. The van der Waals surface area contributed by atoms with Crippen molar-refractivity contribution in [1.29, 1.82) is 0 Å². The highest BCUT2D eigenvalue weighted by atomic mass is 16.5. The van der Waals surface area contributed by atoms with Gasteiger partial charge in [-0.1, -0.05) is 37.3 Å². The lowest BCUT2D eigenvalue weighted by molar-refractivity contribution is -0.121. The van der Waals surface area contributed by atoms with Gasteiger partial charge in [0.2, 0.25) is 5.91 Å². The molecule has 1 aliphatic heterocycles. The van der Waals surface area contributed by atoms with Crippen molar-refractivity contribution >= 4 is 5.91 Å². The Bertz CT molecular complexity index is 712. The van der Waals surface area contributed by atoms with Gasteiger partial charge in [0.15, 0.2) is 0 Å². The summed E-state index contributed by atoms with van der Waals surface area (Å²) >= 11 is 0. The van der Waals surface area contributed by atoms with Gasteiger partial charge in [0.05, 0.1) is 19.3 Å². The lowest BCUT2D eigenvalue weighted by Gasteiger charge is -2.35. The molecule has 1 unspecified atom stereocenters. The van der Waals surface area contributed by atoms with Gasteiger partial charge in [0.1, 0.15) is 0 Å². The molecule has 0 bridgehead atoms. The standard InChI is InChI=1S/C23H31N3O2/c1-2-19-8-10-21(11-9-19)22(26-13-15-28-16-14-26)18-25-23(27)7-3-5-20-6-4-12-24-17-20/h4,6,8-12,17,22H,2-3,5,7,13-16,18H2,1H3,(H,25,27). The highest BCUT2D eigenvalue weighted by Gasteiger charge is 2.23. The van der Waals surface area contributed by atoms with Gasteiger partial charge in [-0.25, -0.2) is 0 Å². The van der Waals surface area contributed by atoms with Crippen LogP contribution in [0.4, 0.5) is 0 Å². The van der Waals surface area contributed by atoms with E-state index in [0.717, 1.165) is 45.6 Å². The Morgan fingerprint density at radius 2 is 1.96 bits per heavy atom. The fourth-order valence-electron chi connectivity index (χ4n) is 3.62. The molecule has 2 heterocycles. The molecular formula is C23H31N3O2. The van der Waals surface area contributed by atoms with Crippen LogP contribution in [0, 0.1) is 0 Å². The van der Waals surface area contributed by atoms with Gasteiger partial charge in [-0.2, -0.15) is 0 Å². The number of amides is 1. The first kappa shape index (κ1) is 20.5. The van der Waals surface area contributed by atoms with Gasteiger partial charge in [-0.15, -0.1) is 0 Å². The third-order valence-electron chi connectivity index (χ3n) is 5.34. The van der Waals surface area contributed by atoms with Gasteiger partial charge in [0.25, 0.3) is 0 Å². The molecule has 0 spiro atoms. The highest BCUT2D eigenvalue weighted by Crippen LogP contribution is 2.22. The second-order valence-corrected chi connectivity index (χ2v) is 7.28. The molecule has 0 saturated carbocycles. The minimum Gasteiger partial charge on any atom is -0.379 e. The van der Waals surface area contributed by atoms with Crippen LogP contribution in [-0.2, 0) is 22.4 Å². The Morgan fingerprint density at radius 3 is 2.64 bits per heavy atom. The fourth-order valence-corrected chi connectivity index (χ4v) is 3.62. The van der Waals surface area contributed by atoms with Gasteiger partial charge in [0, 0.05) is 38.4 Å². The monoisotopic (exact) mass is 381 g/mol. The molecule has 1 fully saturated rings. The number of benzene rings is 1. The van der Waals surface area contributed by atoms with Crippen molar-refractivity contribution in [3.63, 3.8) is 0 Å². The van der Waals surface area contributed by atoms with E-state index in [9.17, 15) is 4.79 Å². The van der Waals surface area contributed by atoms with Crippen LogP contribution in [-0.4, -0.2) is 48.6 Å². The van der Waals surface area contributed by atoms with Crippen molar-refractivity contribution in [2.75, 3.05) is 32.8 Å². The molecule has 3 rings (SSSR count). The van der Waals surface area contributed by atoms with E-state index in [2.05, 4.69) is 52.5 Å². The summed E-state index contributed by atoms with van der Waals surface area (Å²) in [6, 6.07) is 13.0. The third kappa shape index (κ3) is 6.14. The number of ether oxygens (including phenoxy) is 1. The van der Waals surface area contributed by atoms with E-state index in [4.69, 9.17) is 4.74 Å². The summed E-state index contributed by atoms with van der Waals surface area (Å²) in [4.78, 5) is 18.9. The molecule has 1 N–H and O–H groups in total. The zero-order chi connectivity index (χ0) is 19.6. The second-order valence-electron chi connectivity index (χ2n) is 7.28. The largest absolute Gasteiger partial charge is 0.379 e. The van der Waals surface area contributed by atoms with Crippen LogP contribution in [0.25, 0.3) is 0 Å². The molecule has 1 aromatic carbocycles. The molecule has 5 heteroatoms. The first-order valence-corrected chi connectivity index (χ1v) is 10.3. The van der Waals surface area contributed by atoms with Crippen LogP contribution in [0.5, 0.6) is 0 Å². The average molecular weight is 382 g/mol. The summed E-state index contributed by atoms with van der Waals surface area (Å²) in [5, 5.41) is 3.16. The molecular weight excluding hydrogens is 350 g/mol. The van der Waals surface area contributed by atoms with E-state index in [0.29, 0.717) is 13.0 Å². The van der Waals surface area contributed by atoms with Crippen molar-refractivity contribution in [1.82, 2.24) is 15.2 Å². The number of nitrogens with one attached hydrogen (secondary N) is 1. The maximum atomic E-state index is 12.4. The number of hydrogen-bond donors (Lipinski definition) is 1. The Labute approximate surface area is 168 Å². The van der Waals surface area contributed by atoms with E-state index in [1.807, 2.05) is 12.3 Å². The summed E-state index contributed by atoms with van der Waals surface area (Å²) < 4.78 is 5.51. The first-order chi connectivity index (χ1) is 13.8. The molecule has 1 aromatic heterocycles. The molecule has 1 amide bonds. The molecule has 1 aliphatic rings. The number of aromatic nitrogens is 1. The summed E-state index contributed by atoms with van der Waals surface area (Å²) in [5.41, 5.74) is 3.77. The highest BCUT2D eigenvalue weighted by molar-refractivity contribution is 5.75. The normalized spacial score (nSPS) is 15.9. The number of hydrogen-bond acceptors (Lipinski definition) is 4. The maximum Gasteiger partial charge on any atom is 0.220 e. The van der Waals surface area contributed by atoms with Crippen molar-refractivity contribution < 1.29 is 9.53 Å². The number of nitrogens with zero attached hydrogens (tertiary/aromatic N) is 2. The first-order valence-electron chi connectivity index (χ1n) is 10.3. The average Bonchev–Trinajstić information content (AvgIpc) is 2.76. The molecule has 1 saturated heterocycles. The van der Waals surface area contributed by atoms with E-state index in [1.54, 1.807) is 6.20 Å². The van der Waals surface area contributed by atoms with E-state index < -0.39 is 0 Å². The molecule has 150 valence electrons. The fraction of sp³-hybridized carbons (Fsp3) is 0.478. The number of pyridine rings is 1. The van der Waals surface area contributed by atoms with Crippen LogP contribution in [0.15, 0.2) is 48.8 Å². The number of carbonyl (C=O) groups excluding carboxylic acids is 1. The zero-order valence-electron chi connectivity index (χ0n) is 16.8. The van der Waals surface area contributed by atoms with Crippen LogP contribution >= 0.6 is 0 Å².